The number of ether oxygens (including phenoxy) is 1. The van der Waals surface area contributed by atoms with Crippen LogP contribution in [0, 0.1) is 10.1 Å². The fourth-order valence-electron chi connectivity index (χ4n) is 1.82. The van der Waals surface area contributed by atoms with Crippen molar-refractivity contribution >= 4 is 34.5 Å². The minimum absolute atomic E-state index is 0.117. The molecule has 8 heteroatoms. The van der Waals surface area contributed by atoms with Gasteiger partial charge in [0.25, 0.3) is 11.6 Å². The molecule has 0 saturated carbocycles. The van der Waals surface area contributed by atoms with Gasteiger partial charge in [-0.25, -0.2) is 0 Å². The molecular weight excluding hydrogens is 282 g/mol. The quantitative estimate of drug-likeness (QED) is 0.501. The number of para-hydroxylation sites is 2. The van der Waals surface area contributed by atoms with Crippen molar-refractivity contribution in [1.29, 1.82) is 0 Å². The number of nitro benzene ring substituents is 1. The van der Waals surface area contributed by atoms with Gasteiger partial charge in [-0.3, -0.25) is 14.9 Å². The highest BCUT2D eigenvalue weighted by Crippen LogP contribution is 2.23. The van der Waals surface area contributed by atoms with Gasteiger partial charge in [0.15, 0.2) is 4.99 Å². The van der Waals surface area contributed by atoms with Crippen molar-refractivity contribution in [2.24, 2.45) is 0 Å². The Morgan fingerprint density at radius 2 is 2.00 bits per heavy atom. The van der Waals surface area contributed by atoms with Crippen LogP contribution in [0.2, 0.25) is 0 Å². The number of nitro groups is 1. The van der Waals surface area contributed by atoms with Gasteiger partial charge in [0.05, 0.1) is 18.1 Å². The highest BCUT2D eigenvalue weighted by atomic mass is 32.1. The number of carbonyl (C=O) groups excluding carboxylic acids is 1. The summed E-state index contributed by atoms with van der Waals surface area (Å²) in [7, 11) is 0. The van der Waals surface area contributed by atoms with E-state index in [0.29, 0.717) is 26.3 Å². The summed E-state index contributed by atoms with van der Waals surface area (Å²) in [6, 6.07) is 5.94. The maximum atomic E-state index is 12.0. The molecule has 0 spiro atoms. The molecule has 0 unspecified atom stereocenters. The molecule has 0 atom stereocenters. The van der Waals surface area contributed by atoms with Crippen molar-refractivity contribution in [3.8, 4) is 0 Å². The predicted octanol–water partition coefficient (Wildman–Crippen LogP) is 1.19. The minimum Gasteiger partial charge on any atom is -0.378 e. The van der Waals surface area contributed by atoms with Crippen molar-refractivity contribution in [2.75, 3.05) is 31.6 Å². The highest BCUT2D eigenvalue weighted by molar-refractivity contribution is 7.82. The molecule has 0 radical (unpaired) electrons. The first-order chi connectivity index (χ1) is 9.59. The van der Waals surface area contributed by atoms with Crippen molar-refractivity contribution in [2.45, 2.75) is 0 Å². The van der Waals surface area contributed by atoms with Crippen LogP contribution in [0.3, 0.4) is 0 Å². The monoisotopic (exact) mass is 295 g/mol. The zero-order chi connectivity index (χ0) is 14.5. The molecule has 1 amide bonds. The van der Waals surface area contributed by atoms with Crippen LogP contribution in [0.15, 0.2) is 24.3 Å². The molecule has 1 heterocycles. The number of benzene rings is 1. The lowest BCUT2D eigenvalue weighted by Crippen LogP contribution is -2.44. The van der Waals surface area contributed by atoms with Crippen LogP contribution in [0.5, 0.6) is 0 Å². The predicted molar refractivity (Wildman–Crippen MR) is 76.7 cm³/mol. The summed E-state index contributed by atoms with van der Waals surface area (Å²) >= 11 is 5.09. The van der Waals surface area contributed by atoms with Crippen LogP contribution in [-0.4, -0.2) is 47.0 Å². The van der Waals surface area contributed by atoms with Gasteiger partial charge in [0.2, 0.25) is 0 Å². The normalized spacial score (nSPS) is 14.7. The number of hydrogen-bond acceptors (Lipinski definition) is 5. The Bertz CT molecular complexity index is 543. The molecule has 1 saturated heterocycles. The molecule has 0 aromatic heterocycles. The molecule has 0 aliphatic carbocycles. The van der Waals surface area contributed by atoms with Crippen molar-refractivity contribution in [3.63, 3.8) is 0 Å². The average molecular weight is 295 g/mol. The first-order valence-electron chi connectivity index (χ1n) is 6.01. The Morgan fingerprint density at radius 1 is 1.35 bits per heavy atom. The lowest BCUT2D eigenvalue weighted by atomic mass is 10.2. The number of amides is 1. The fraction of sp³-hybridized carbons (Fsp3) is 0.333. The SMILES string of the molecule is O=C(Nc1ccccc1[N+](=O)[O-])C(=S)N1CCOCC1. The molecule has 1 aromatic carbocycles. The number of morpholine rings is 1. The van der Waals surface area contributed by atoms with E-state index in [1.54, 1.807) is 11.0 Å². The highest BCUT2D eigenvalue weighted by Gasteiger charge is 2.22. The molecule has 2 rings (SSSR count). The van der Waals surface area contributed by atoms with Crippen LogP contribution in [0.4, 0.5) is 11.4 Å². The summed E-state index contributed by atoms with van der Waals surface area (Å²) in [5.74, 6) is -0.517. The number of anilines is 1. The van der Waals surface area contributed by atoms with E-state index in [2.05, 4.69) is 5.32 Å². The molecule has 20 heavy (non-hydrogen) atoms. The summed E-state index contributed by atoms with van der Waals surface area (Å²) in [6.07, 6.45) is 0. The number of hydrogen-bond donors (Lipinski definition) is 1. The van der Waals surface area contributed by atoms with Crippen LogP contribution in [0.25, 0.3) is 0 Å². The molecule has 7 nitrogen and oxygen atoms in total. The summed E-state index contributed by atoms with van der Waals surface area (Å²) < 4.78 is 5.18. The van der Waals surface area contributed by atoms with E-state index >= 15 is 0 Å². The smallest absolute Gasteiger partial charge is 0.292 e. The van der Waals surface area contributed by atoms with Gasteiger partial charge in [-0.05, 0) is 6.07 Å². The number of nitrogens with one attached hydrogen (secondary N) is 1. The van der Waals surface area contributed by atoms with Gasteiger partial charge in [-0.1, -0.05) is 24.4 Å². The van der Waals surface area contributed by atoms with E-state index in [0.717, 1.165) is 0 Å². The Morgan fingerprint density at radius 3 is 2.65 bits per heavy atom. The van der Waals surface area contributed by atoms with Crippen molar-refractivity contribution in [1.82, 2.24) is 4.90 Å². The Hall–Kier alpha value is -2.06. The van der Waals surface area contributed by atoms with E-state index in [9.17, 15) is 14.9 Å². The zero-order valence-corrected chi connectivity index (χ0v) is 11.4. The maximum Gasteiger partial charge on any atom is 0.292 e. The number of nitrogens with zero attached hydrogens (tertiary/aromatic N) is 2. The topological polar surface area (TPSA) is 84.7 Å². The molecule has 1 aliphatic heterocycles. The largest absolute Gasteiger partial charge is 0.378 e. The molecule has 1 aromatic rings. The zero-order valence-electron chi connectivity index (χ0n) is 10.6. The first-order valence-corrected chi connectivity index (χ1v) is 6.42. The third-order valence-corrected chi connectivity index (χ3v) is 3.29. The maximum absolute atomic E-state index is 12.0. The van der Waals surface area contributed by atoms with Gasteiger partial charge in [-0.15, -0.1) is 0 Å². The Labute approximate surface area is 120 Å². The van der Waals surface area contributed by atoms with Gasteiger partial charge in [-0.2, -0.15) is 0 Å². The molecular formula is C12H13N3O4S. The van der Waals surface area contributed by atoms with Gasteiger partial charge >= 0.3 is 0 Å². The third kappa shape index (κ3) is 3.28. The van der Waals surface area contributed by atoms with Gasteiger partial charge in [0, 0.05) is 19.2 Å². The van der Waals surface area contributed by atoms with Crippen LogP contribution in [-0.2, 0) is 9.53 Å². The Kier molecular flexibility index (Phi) is 4.59. The number of thiocarbonyl (C=S) groups is 1. The van der Waals surface area contributed by atoms with Crippen LogP contribution >= 0.6 is 12.2 Å². The van der Waals surface area contributed by atoms with E-state index in [4.69, 9.17) is 17.0 Å². The molecule has 106 valence electrons. The fourth-order valence-corrected chi connectivity index (χ4v) is 2.06. The van der Waals surface area contributed by atoms with Crippen LogP contribution in [0.1, 0.15) is 0 Å². The molecule has 1 aliphatic rings. The second-order valence-electron chi connectivity index (χ2n) is 4.13. The number of rotatable bonds is 2. The van der Waals surface area contributed by atoms with Crippen molar-refractivity contribution in [3.05, 3.63) is 34.4 Å². The van der Waals surface area contributed by atoms with Crippen molar-refractivity contribution < 1.29 is 14.5 Å². The second kappa shape index (κ2) is 6.40. The van der Waals surface area contributed by atoms with Crippen LogP contribution < -0.4 is 5.32 Å². The Balaban J connectivity index is 2.07. The molecule has 0 bridgehead atoms. The lowest BCUT2D eigenvalue weighted by Gasteiger charge is -2.28. The first kappa shape index (κ1) is 14.4. The van der Waals surface area contributed by atoms with E-state index in [1.165, 1.54) is 18.2 Å². The van der Waals surface area contributed by atoms with Gasteiger partial charge < -0.3 is 15.0 Å². The average Bonchev–Trinajstić information content (AvgIpc) is 2.47. The minimum atomic E-state index is -0.548. The molecule has 1 N–H and O–H groups in total. The summed E-state index contributed by atoms with van der Waals surface area (Å²) in [4.78, 5) is 24.2. The standard InChI is InChI=1S/C12H13N3O4S/c16-11(12(20)14-5-7-19-8-6-14)13-9-3-1-2-4-10(9)15(17)18/h1-4H,5-8H2,(H,13,16). The summed E-state index contributed by atoms with van der Waals surface area (Å²) in [5, 5.41) is 13.4. The third-order valence-electron chi connectivity index (χ3n) is 2.84. The second-order valence-corrected chi connectivity index (χ2v) is 4.52. The molecule has 1 fully saturated rings. The van der Waals surface area contributed by atoms with E-state index in [1.807, 2.05) is 0 Å². The number of carbonyl (C=O) groups is 1. The van der Waals surface area contributed by atoms with Gasteiger partial charge in [0.1, 0.15) is 5.69 Å². The summed E-state index contributed by atoms with van der Waals surface area (Å²) in [5.41, 5.74) is -0.0243. The van der Waals surface area contributed by atoms with E-state index < -0.39 is 10.8 Å². The lowest BCUT2D eigenvalue weighted by molar-refractivity contribution is -0.383. The van der Waals surface area contributed by atoms with E-state index in [-0.39, 0.29) is 16.4 Å². The summed E-state index contributed by atoms with van der Waals surface area (Å²) in [6.45, 7) is 2.12.